The molecule has 17 nitrogen and oxygen atoms in total. The Balaban J connectivity index is 2.18. The van der Waals surface area contributed by atoms with Crippen molar-refractivity contribution in [3.8, 4) is 0 Å². The average Bonchev–Trinajstić information content (AvgIpc) is 3.58. The Labute approximate surface area is 303 Å². The molecule has 0 saturated carbocycles. The molecule has 1 aliphatic rings. The van der Waals surface area contributed by atoms with E-state index in [1.54, 1.807) is 58.0 Å². The lowest BCUT2D eigenvalue weighted by Gasteiger charge is -2.28. The smallest absolute Gasteiger partial charge is 0.326 e. The minimum atomic E-state index is -1.67. The number of nitrogens with one attached hydrogen (secondary N) is 5. The van der Waals surface area contributed by atoms with Gasteiger partial charge in [0.25, 0.3) is 0 Å². The van der Waals surface area contributed by atoms with E-state index in [-0.39, 0.29) is 18.8 Å². The van der Waals surface area contributed by atoms with E-state index in [1.165, 1.54) is 11.8 Å². The van der Waals surface area contributed by atoms with Gasteiger partial charge in [-0.3, -0.25) is 33.6 Å². The van der Waals surface area contributed by atoms with Crippen LogP contribution in [0.5, 0.6) is 0 Å². The third-order valence-corrected chi connectivity index (χ3v) is 8.71. The van der Waals surface area contributed by atoms with Gasteiger partial charge in [-0.2, -0.15) is 0 Å². The van der Waals surface area contributed by atoms with E-state index >= 15 is 0 Å². The van der Waals surface area contributed by atoms with Gasteiger partial charge >= 0.3 is 11.9 Å². The number of aliphatic carboxylic acids is 2. The quantitative estimate of drug-likeness (QED) is 0.0829. The number of amides is 6. The first-order chi connectivity index (χ1) is 24.4. The highest BCUT2D eigenvalue weighted by molar-refractivity contribution is 5.97. The van der Waals surface area contributed by atoms with Crippen molar-refractivity contribution in [3.05, 3.63) is 35.9 Å². The highest BCUT2D eigenvalue weighted by Crippen LogP contribution is 2.19. The topological polar surface area (TPSA) is 266 Å². The number of carbonyl (C=O) groups is 8. The molecule has 1 fully saturated rings. The van der Waals surface area contributed by atoms with Crippen LogP contribution in [-0.2, 0) is 44.8 Å². The molecule has 1 aromatic rings. The highest BCUT2D eigenvalue weighted by Gasteiger charge is 2.38. The van der Waals surface area contributed by atoms with Gasteiger partial charge in [-0.25, -0.2) is 4.79 Å². The maximum absolute atomic E-state index is 13.6. The van der Waals surface area contributed by atoms with Crippen molar-refractivity contribution in [2.75, 3.05) is 13.1 Å². The number of hydrogen-bond acceptors (Lipinski definition) is 9. The number of carbonyl (C=O) groups excluding carboxylic acids is 6. The number of nitrogens with zero attached hydrogens (tertiary/aromatic N) is 1. The third-order valence-electron chi connectivity index (χ3n) is 8.71. The van der Waals surface area contributed by atoms with Crippen LogP contribution >= 0.6 is 0 Å². The number of nitrogens with two attached hydrogens (primary N) is 1. The molecule has 0 unspecified atom stereocenters. The number of benzene rings is 1. The molecule has 6 amide bonds. The number of likely N-dealkylation sites (tertiary alicyclic amines) is 1. The molecule has 0 radical (unpaired) electrons. The lowest BCUT2D eigenvalue weighted by molar-refractivity contribution is -0.143. The van der Waals surface area contributed by atoms with Crippen molar-refractivity contribution in [1.82, 2.24) is 31.5 Å². The summed E-state index contributed by atoms with van der Waals surface area (Å²) < 4.78 is 0. The molecule has 0 aliphatic carbocycles. The van der Waals surface area contributed by atoms with Gasteiger partial charge in [-0.1, -0.05) is 64.4 Å². The molecule has 1 aromatic carbocycles. The summed E-state index contributed by atoms with van der Waals surface area (Å²) in [4.78, 5) is 104. The van der Waals surface area contributed by atoms with Crippen LogP contribution in [0.1, 0.15) is 72.3 Å². The van der Waals surface area contributed by atoms with Crippen molar-refractivity contribution in [1.29, 1.82) is 0 Å². The monoisotopic (exact) mass is 731 g/mol. The van der Waals surface area contributed by atoms with Crippen molar-refractivity contribution in [2.24, 2.45) is 17.6 Å². The molecule has 1 saturated heterocycles. The van der Waals surface area contributed by atoms with Crippen LogP contribution in [0, 0.1) is 11.8 Å². The van der Waals surface area contributed by atoms with Gasteiger partial charge in [0, 0.05) is 13.0 Å². The summed E-state index contributed by atoms with van der Waals surface area (Å²) in [5.41, 5.74) is 6.40. The summed E-state index contributed by atoms with van der Waals surface area (Å²) >= 11 is 0. The van der Waals surface area contributed by atoms with Crippen molar-refractivity contribution in [3.63, 3.8) is 0 Å². The molecule has 1 aliphatic heterocycles. The van der Waals surface area contributed by atoms with E-state index in [0.717, 1.165) is 0 Å². The molecule has 52 heavy (non-hydrogen) atoms. The molecular weight excluding hydrogens is 678 g/mol. The minimum absolute atomic E-state index is 0.0326. The SMILES string of the molecule is CC[C@H](C)[C@H](NC(=O)CNC(=O)[C@H](CC(=O)O)NC(=O)[C@H](Cc1ccccc1)NC(=O)[C@@H]1CCCN1C(=O)[C@H](C)N)C(=O)N[C@@H](CC(C)C)C(=O)O. The lowest BCUT2D eigenvalue weighted by Crippen LogP contribution is -2.58. The van der Waals surface area contributed by atoms with Gasteiger partial charge in [0.15, 0.2) is 0 Å². The summed E-state index contributed by atoms with van der Waals surface area (Å²) in [5.74, 6) is -7.59. The Morgan fingerprint density at radius 3 is 2.04 bits per heavy atom. The van der Waals surface area contributed by atoms with Crippen molar-refractivity contribution >= 4 is 47.4 Å². The molecular formula is C35H53N7O10. The lowest BCUT2D eigenvalue weighted by atomic mass is 9.97. The van der Waals surface area contributed by atoms with Crippen LogP contribution in [-0.4, -0.2) is 112 Å². The predicted molar refractivity (Wildman–Crippen MR) is 188 cm³/mol. The molecule has 0 spiro atoms. The zero-order valence-corrected chi connectivity index (χ0v) is 30.3. The number of carboxylic acid groups (broad SMARTS) is 2. The Bertz CT molecular complexity index is 1440. The highest BCUT2D eigenvalue weighted by atomic mass is 16.4. The van der Waals surface area contributed by atoms with Gasteiger partial charge in [0.05, 0.1) is 19.0 Å². The van der Waals surface area contributed by atoms with E-state index in [2.05, 4.69) is 26.6 Å². The van der Waals surface area contributed by atoms with E-state index in [1.807, 2.05) is 0 Å². The van der Waals surface area contributed by atoms with E-state index in [0.29, 0.717) is 31.4 Å². The molecule has 0 bridgehead atoms. The zero-order valence-electron chi connectivity index (χ0n) is 30.3. The largest absolute Gasteiger partial charge is 0.481 e. The van der Waals surface area contributed by atoms with Crippen LogP contribution in [0.25, 0.3) is 0 Å². The van der Waals surface area contributed by atoms with Gasteiger partial charge in [-0.15, -0.1) is 0 Å². The second-order valence-corrected chi connectivity index (χ2v) is 13.6. The predicted octanol–water partition coefficient (Wildman–Crippen LogP) is -0.726. The third kappa shape index (κ3) is 13.6. The molecule has 17 heteroatoms. The van der Waals surface area contributed by atoms with E-state index in [4.69, 9.17) is 5.73 Å². The first-order valence-electron chi connectivity index (χ1n) is 17.5. The van der Waals surface area contributed by atoms with E-state index < -0.39 is 103 Å². The average molecular weight is 732 g/mol. The zero-order chi connectivity index (χ0) is 39.1. The Hall–Kier alpha value is -5.06. The Kier molecular flexibility index (Phi) is 17.2. The van der Waals surface area contributed by atoms with Gasteiger partial charge in [-0.05, 0) is 43.6 Å². The molecule has 0 aromatic heterocycles. The van der Waals surface area contributed by atoms with Crippen LogP contribution in [0.3, 0.4) is 0 Å². The van der Waals surface area contributed by atoms with Crippen LogP contribution in [0.2, 0.25) is 0 Å². The van der Waals surface area contributed by atoms with Gasteiger partial charge in [0.2, 0.25) is 35.4 Å². The van der Waals surface area contributed by atoms with Crippen LogP contribution in [0.4, 0.5) is 0 Å². The van der Waals surface area contributed by atoms with Crippen LogP contribution < -0.4 is 32.3 Å². The summed E-state index contributed by atoms with van der Waals surface area (Å²) in [6, 6.07) is 1.65. The molecule has 9 N–H and O–H groups in total. The fourth-order valence-corrected chi connectivity index (χ4v) is 5.72. The summed E-state index contributed by atoms with van der Waals surface area (Å²) in [5, 5.41) is 31.4. The van der Waals surface area contributed by atoms with Crippen molar-refractivity contribution in [2.45, 2.75) is 109 Å². The van der Waals surface area contributed by atoms with Gasteiger partial charge in [0.1, 0.15) is 30.2 Å². The molecule has 7 atom stereocenters. The van der Waals surface area contributed by atoms with Gasteiger partial charge < -0.3 is 47.4 Å². The Morgan fingerprint density at radius 2 is 1.48 bits per heavy atom. The molecule has 2 rings (SSSR count). The standard InChI is InChI=1S/C35H53N7O10/c1-6-20(4)29(33(49)40-25(35(51)52)15-19(2)3)41-27(43)18-37-30(46)24(17-28(44)45)38-31(47)23(16-22-11-8-7-9-12-22)39-32(48)26-13-10-14-42(26)34(50)21(5)36/h7-9,11-12,19-21,23-26,29H,6,10,13-18,36H2,1-5H3,(H,37,46)(H,38,47)(H,39,48)(H,40,49)(H,41,43)(H,44,45)(H,51,52)/t20-,21-,23-,24-,25-,26-,29-/m0/s1. The fraction of sp³-hybridized carbons (Fsp3) is 0.600. The molecule has 1 heterocycles. The number of hydrogen-bond donors (Lipinski definition) is 8. The molecule has 288 valence electrons. The second-order valence-electron chi connectivity index (χ2n) is 13.6. The van der Waals surface area contributed by atoms with Crippen LogP contribution in [0.15, 0.2) is 30.3 Å². The summed E-state index contributed by atoms with van der Waals surface area (Å²) in [6.45, 7) is 8.18. The maximum Gasteiger partial charge on any atom is 0.326 e. The first kappa shape index (κ1) is 43.1. The first-order valence-corrected chi connectivity index (χ1v) is 17.5. The minimum Gasteiger partial charge on any atom is -0.481 e. The Morgan fingerprint density at radius 1 is 0.846 bits per heavy atom. The van der Waals surface area contributed by atoms with Crippen molar-refractivity contribution < 1.29 is 48.6 Å². The normalized spacial score (nSPS) is 17.4. The van der Waals surface area contributed by atoms with E-state index in [9.17, 15) is 48.6 Å². The summed E-state index contributed by atoms with van der Waals surface area (Å²) in [7, 11) is 0. The summed E-state index contributed by atoms with van der Waals surface area (Å²) in [6.07, 6.45) is 0.598. The second kappa shape index (κ2) is 20.7. The number of rotatable bonds is 20. The number of carboxylic acids is 2. The maximum atomic E-state index is 13.6. The fourth-order valence-electron chi connectivity index (χ4n) is 5.72.